The molecule has 3 rings (SSSR count). The first kappa shape index (κ1) is 28.9. The van der Waals surface area contributed by atoms with Crippen molar-refractivity contribution in [2.75, 3.05) is 36.8 Å². The zero-order valence-corrected chi connectivity index (χ0v) is 21.8. The van der Waals surface area contributed by atoms with Crippen LogP contribution in [-0.2, 0) is 16.1 Å². The first-order chi connectivity index (χ1) is 18.1. The van der Waals surface area contributed by atoms with Crippen molar-refractivity contribution in [3.8, 4) is 6.07 Å². The molecule has 0 saturated carbocycles. The minimum atomic E-state index is -4.20. The van der Waals surface area contributed by atoms with Crippen molar-refractivity contribution >= 4 is 46.3 Å². The van der Waals surface area contributed by atoms with Crippen LogP contribution in [0, 0.1) is 17.2 Å². The predicted molar refractivity (Wildman–Crippen MR) is 140 cm³/mol. The van der Waals surface area contributed by atoms with Crippen LogP contribution in [-0.4, -0.2) is 53.6 Å². The fourth-order valence-electron chi connectivity index (χ4n) is 4.09. The summed E-state index contributed by atoms with van der Waals surface area (Å²) in [6.07, 6.45) is -2.77. The van der Waals surface area contributed by atoms with E-state index in [0.29, 0.717) is 17.9 Å². The number of nitriles is 1. The number of benzene rings is 1. The lowest BCUT2D eigenvalue weighted by molar-refractivity contribution is -0.184. The first-order valence-electron chi connectivity index (χ1n) is 12.1. The Morgan fingerprint density at radius 2 is 1.89 bits per heavy atom. The summed E-state index contributed by atoms with van der Waals surface area (Å²) in [6.45, 7) is 4.50. The number of nitrogens with zero attached hydrogens (tertiary/aromatic N) is 3. The Balaban J connectivity index is 1.71. The van der Waals surface area contributed by atoms with Gasteiger partial charge in [0, 0.05) is 30.7 Å². The highest BCUT2D eigenvalue weighted by Gasteiger charge is 2.41. The zero-order valence-electron chi connectivity index (χ0n) is 21.0. The van der Waals surface area contributed by atoms with Crippen molar-refractivity contribution in [1.82, 2.24) is 14.8 Å². The van der Waals surface area contributed by atoms with E-state index in [1.807, 2.05) is 6.07 Å². The SMILES string of the molecule is CCNC(=O)/C(C#N)=c1\s/c(=C/Nc2cccc(NC(=O)CN3CCC(C(F)(F)F)CC3)c2)c(=O)n1CC. The minimum Gasteiger partial charge on any atom is -0.360 e. The van der Waals surface area contributed by atoms with Crippen LogP contribution in [0.4, 0.5) is 24.5 Å². The molecule has 9 nitrogen and oxygen atoms in total. The molecule has 2 amide bonds. The summed E-state index contributed by atoms with van der Waals surface area (Å²) in [7, 11) is 0. The van der Waals surface area contributed by atoms with Gasteiger partial charge >= 0.3 is 6.18 Å². The standard InChI is InChI=1S/C25H29F3N6O3S/c1-3-30-22(36)19(13-29)24-34(4-2)23(37)20(38-24)14-31-17-6-5-7-18(12-17)32-21(35)15-33-10-8-16(9-11-33)25(26,27)28/h5-7,12,14,16,31H,3-4,8-11,15H2,1-2H3,(H,30,36)(H,32,35)/b20-14+,24-19-. The van der Waals surface area contributed by atoms with Gasteiger partial charge in [0.15, 0.2) is 5.57 Å². The quantitative estimate of drug-likeness (QED) is 0.461. The predicted octanol–water partition coefficient (Wildman–Crippen LogP) is 1.80. The third-order valence-electron chi connectivity index (χ3n) is 6.05. The number of nitrogens with one attached hydrogen (secondary N) is 3. The number of likely N-dealkylation sites (tertiary alicyclic amines) is 1. The lowest BCUT2D eigenvalue weighted by atomic mass is 9.96. The minimum absolute atomic E-state index is 0.00771. The molecular weight excluding hydrogens is 521 g/mol. The highest BCUT2D eigenvalue weighted by atomic mass is 32.1. The highest BCUT2D eigenvalue weighted by Crippen LogP contribution is 2.34. The molecule has 0 unspecified atom stereocenters. The van der Waals surface area contributed by atoms with Crippen LogP contribution in [0.5, 0.6) is 0 Å². The topological polar surface area (TPSA) is 119 Å². The van der Waals surface area contributed by atoms with E-state index < -0.39 is 18.0 Å². The van der Waals surface area contributed by atoms with Crippen LogP contribution in [0.25, 0.3) is 11.8 Å². The second kappa shape index (κ2) is 12.7. The average Bonchev–Trinajstić information content (AvgIpc) is 3.18. The molecule has 13 heteroatoms. The van der Waals surface area contributed by atoms with Crippen LogP contribution in [0.3, 0.4) is 0 Å². The van der Waals surface area contributed by atoms with E-state index >= 15 is 0 Å². The van der Waals surface area contributed by atoms with Gasteiger partial charge < -0.3 is 16.0 Å². The van der Waals surface area contributed by atoms with Gasteiger partial charge in [0.25, 0.3) is 11.5 Å². The average molecular weight is 551 g/mol. The Bertz CT molecular complexity index is 1380. The van der Waals surface area contributed by atoms with Gasteiger partial charge in [-0.25, -0.2) is 0 Å². The fourth-order valence-corrected chi connectivity index (χ4v) is 5.18. The van der Waals surface area contributed by atoms with Gasteiger partial charge in [-0.2, -0.15) is 18.4 Å². The molecule has 1 aliphatic heterocycles. The summed E-state index contributed by atoms with van der Waals surface area (Å²) in [4.78, 5) is 39.3. The number of alkyl halides is 3. The summed E-state index contributed by atoms with van der Waals surface area (Å²) in [5.41, 5.74) is 0.561. The van der Waals surface area contributed by atoms with Crippen molar-refractivity contribution in [1.29, 1.82) is 5.26 Å². The molecular formula is C25H29F3N6O3S. The molecule has 0 radical (unpaired) electrons. The summed E-state index contributed by atoms with van der Waals surface area (Å²) in [6, 6.07) is 8.63. The molecule has 0 bridgehead atoms. The van der Waals surface area contributed by atoms with Gasteiger partial charge in [-0.1, -0.05) is 6.07 Å². The number of aromatic nitrogens is 1. The first-order valence-corrected chi connectivity index (χ1v) is 13.0. The molecule has 1 aromatic carbocycles. The number of rotatable bonds is 8. The molecule has 1 fully saturated rings. The van der Waals surface area contributed by atoms with E-state index in [1.54, 1.807) is 43.0 Å². The number of hydrogen-bond donors (Lipinski definition) is 3. The van der Waals surface area contributed by atoms with Crippen LogP contribution >= 0.6 is 11.3 Å². The maximum Gasteiger partial charge on any atom is 0.391 e. The smallest absolute Gasteiger partial charge is 0.360 e. The summed E-state index contributed by atoms with van der Waals surface area (Å²) < 4.78 is 40.5. The van der Waals surface area contributed by atoms with E-state index in [-0.39, 0.29) is 65.3 Å². The van der Waals surface area contributed by atoms with E-state index in [1.165, 1.54) is 10.8 Å². The van der Waals surface area contributed by atoms with E-state index in [4.69, 9.17) is 0 Å². The molecule has 1 saturated heterocycles. The highest BCUT2D eigenvalue weighted by molar-refractivity contribution is 7.07. The second-order valence-electron chi connectivity index (χ2n) is 8.68. The summed E-state index contributed by atoms with van der Waals surface area (Å²) in [5.74, 6) is -2.21. The molecule has 1 aliphatic rings. The molecule has 3 N–H and O–H groups in total. The second-order valence-corrected chi connectivity index (χ2v) is 9.71. The number of halogens is 3. The van der Waals surface area contributed by atoms with E-state index in [9.17, 15) is 32.8 Å². The molecule has 204 valence electrons. The van der Waals surface area contributed by atoms with Crippen molar-refractivity contribution < 1.29 is 22.8 Å². The number of amides is 2. The van der Waals surface area contributed by atoms with Gasteiger partial charge in [0.05, 0.1) is 12.5 Å². The Kier molecular flexibility index (Phi) is 9.71. The van der Waals surface area contributed by atoms with Crippen molar-refractivity contribution in [3.05, 3.63) is 43.8 Å². The third-order valence-corrected chi connectivity index (χ3v) is 7.18. The third kappa shape index (κ3) is 7.23. The van der Waals surface area contributed by atoms with Crippen LogP contribution < -0.4 is 30.7 Å². The number of carbonyl (C=O) groups is 2. The van der Waals surface area contributed by atoms with Gasteiger partial charge in [-0.15, -0.1) is 11.3 Å². The Morgan fingerprint density at radius 1 is 1.21 bits per heavy atom. The molecule has 0 aliphatic carbocycles. The van der Waals surface area contributed by atoms with Crippen molar-refractivity contribution in [2.24, 2.45) is 5.92 Å². The number of anilines is 2. The Hall–Kier alpha value is -3.63. The van der Waals surface area contributed by atoms with Gasteiger partial charge in [0.1, 0.15) is 15.3 Å². The zero-order chi connectivity index (χ0) is 27.9. The van der Waals surface area contributed by atoms with Crippen molar-refractivity contribution in [3.63, 3.8) is 0 Å². The van der Waals surface area contributed by atoms with E-state index in [2.05, 4.69) is 16.0 Å². The molecule has 38 heavy (non-hydrogen) atoms. The molecule has 0 atom stereocenters. The Labute approximate surface area is 221 Å². The lowest BCUT2D eigenvalue weighted by Gasteiger charge is -2.32. The molecule has 0 spiro atoms. The van der Waals surface area contributed by atoms with Crippen LogP contribution in [0.15, 0.2) is 29.1 Å². The number of thiazole rings is 1. The number of carbonyl (C=O) groups excluding carboxylic acids is 2. The fraction of sp³-hybridized carbons (Fsp3) is 0.440. The molecule has 2 aromatic rings. The van der Waals surface area contributed by atoms with E-state index in [0.717, 1.165) is 11.3 Å². The normalized spacial score (nSPS) is 16.1. The van der Waals surface area contributed by atoms with Crippen LogP contribution in [0.1, 0.15) is 26.7 Å². The maximum absolute atomic E-state index is 12.8. The van der Waals surface area contributed by atoms with Crippen LogP contribution in [0.2, 0.25) is 0 Å². The number of piperidine rings is 1. The largest absolute Gasteiger partial charge is 0.391 e. The maximum atomic E-state index is 12.8. The monoisotopic (exact) mass is 550 g/mol. The number of hydrogen-bond acceptors (Lipinski definition) is 7. The van der Waals surface area contributed by atoms with Gasteiger partial charge in [-0.05, 0) is 58.0 Å². The summed E-state index contributed by atoms with van der Waals surface area (Å²) in [5, 5.41) is 17.8. The van der Waals surface area contributed by atoms with Gasteiger partial charge in [-0.3, -0.25) is 23.9 Å². The Morgan fingerprint density at radius 3 is 2.50 bits per heavy atom. The molecule has 1 aromatic heterocycles. The summed E-state index contributed by atoms with van der Waals surface area (Å²) >= 11 is 1.02. The molecule has 2 heterocycles. The van der Waals surface area contributed by atoms with Gasteiger partial charge in [0.2, 0.25) is 5.91 Å². The van der Waals surface area contributed by atoms with Crippen molar-refractivity contribution in [2.45, 2.75) is 39.4 Å². The lowest BCUT2D eigenvalue weighted by Crippen LogP contribution is -2.42.